The Morgan fingerprint density at radius 2 is 1.52 bits per heavy atom. The first-order valence-electron chi connectivity index (χ1n) is 10.3. The van der Waals surface area contributed by atoms with Crippen LogP contribution in [-0.4, -0.2) is 55.0 Å². The third kappa shape index (κ3) is 6.18. The number of hydrogen-bond acceptors (Lipinski definition) is 5. The Kier molecular flexibility index (Phi) is 7.43. The molecule has 1 N–H and O–H groups in total. The maximum atomic E-state index is 12.8. The summed E-state index contributed by atoms with van der Waals surface area (Å²) in [5.41, 5.74) is 1.85. The maximum Gasteiger partial charge on any atom is 0.355 e. The van der Waals surface area contributed by atoms with Crippen LogP contribution in [0.1, 0.15) is 19.4 Å². The first-order chi connectivity index (χ1) is 14.9. The third-order valence-corrected chi connectivity index (χ3v) is 4.99. The summed E-state index contributed by atoms with van der Waals surface area (Å²) < 4.78 is 5.39. The van der Waals surface area contributed by atoms with E-state index in [1.54, 1.807) is 24.0 Å². The normalized spacial score (nSPS) is 15.2. The Balaban J connectivity index is 1.59. The van der Waals surface area contributed by atoms with E-state index in [9.17, 15) is 14.4 Å². The van der Waals surface area contributed by atoms with Crippen molar-refractivity contribution in [2.24, 2.45) is 0 Å². The Morgan fingerprint density at radius 3 is 2.10 bits per heavy atom. The fraction of sp³-hybridized carbons (Fsp3) is 0.292. The lowest BCUT2D eigenvalue weighted by molar-refractivity contribution is -0.156. The number of hydrogen-bond donors (Lipinski definition) is 1. The van der Waals surface area contributed by atoms with Crippen LogP contribution in [-0.2, 0) is 19.1 Å². The summed E-state index contributed by atoms with van der Waals surface area (Å²) in [4.78, 5) is 40.9. The van der Waals surface area contributed by atoms with Crippen molar-refractivity contribution in [3.05, 3.63) is 71.9 Å². The minimum atomic E-state index is -0.955. The van der Waals surface area contributed by atoms with E-state index in [-0.39, 0.29) is 11.6 Å². The standard InChI is InChI=1S/C24H27N3O4/c1-18(23(29)27-15-13-26(14-16-27)21-11-7-4-8-12-21)31-24(30)22(25-19(2)28)17-20-9-5-3-6-10-20/h3-12,17-18H,13-16H2,1-2H3,(H,25,28)/b22-17-/t18-/m0/s1. The molecule has 1 aliphatic rings. The summed E-state index contributed by atoms with van der Waals surface area (Å²) in [5, 5.41) is 2.49. The molecular formula is C24H27N3O4. The predicted octanol–water partition coefficient (Wildman–Crippen LogP) is 2.44. The van der Waals surface area contributed by atoms with E-state index >= 15 is 0 Å². The van der Waals surface area contributed by atoms with Crippen molar-refractivity contribution in [2.75, 3.05) is 31.1 Å². The number of nitrogens with zero attached hydrogens (tertiary/aromatic N) is 2. The first kappa shape index (κ1) is 22.1. The molecule has 0 saturated carbocycles. The highest BCUT2D eigenvalue weighted by Gasteiger charge is 2.28. The third-order valence-electron chi connectivity index (χ3n) is 4.99. The number of piperazine rings is 1. The van der Waals surface area contributed by atoms with Crippen LogP contribution < -0.4 is 10.2 Å². The van der Waals surface area contributed by atoms with Gasteiger partial charge in [0.15, 0.2) is 6.10 Å². The molecular weight excluding hydrogens is 394 g/mol. The quantitative estimate of drug-likeness (QED) is 0.573. The molecule has 0 aromatic heterocycles. The van der Waals surface area contributed by atoms with E-state index in [0.29, 0.717) is 26.2 Å². The van der Waals surface area contributed by atoms with Gasteiger partial charge in [-0.3, -0.25) is 9.59 Å². The van der Waals surface area contributed by atoms with Gasteiger partial charge >= 0.3 is 5.97 Å². The van der Waals surface area contributed by atoms with Gasteiger partial charge in [-0.2, -0.15) is 0 Å². The Bertz CT molecular complexity index is 936. The molecule has 162 valence electrons. The van der Waals surface area contributed by atoms with Crippen molar-refractivity contribution in [3.63, 3.8) is 0 Å². The Hall–Kier alpha value is -3.61. The average Bonchev–Trinajstić information content (AvgIpc) is 2.79. The number of carbonyl (C=O) groups excluding carboxylic acids is 3. The van der Waals surface area contributed by atoms with Crippen molar-refractivity contribution in [2.45, 2.75) is 20.0 Å². The molecule has 2 amide bonds. The number of ether oxygens (including phenoxy) is 1. The lowest BCUT2D eigenvalue weighted by atomic mass is 10.2. The molecule has 31 heavy (non-hydrogen) atoms. The monoisotopic (exact) mass is 421 g/mol. The topological polar surface area (TPSA) is 78.9 Å². The number of carbonyl (C=O) groups is 3. The molecule has 0 unspecified atom stereocenters. The van der Waals surface area contributed by atoms with Crippen LogP contribution >= 0.6 is 0 Å². The van der Waals surface area contributed by atoms with E-state index < -0.39 is 18.0 Å². The van der Waals surface area contributed by atoms with Crippen LogP contribution in [0.4, 0.5) is 5.69 Å². The number of rotatable bonds is 6. The number of anilines is 1. The van der Waals surface area contributed by atoms with Crippen molar-refractivity contribution in [1.29, 1.82) is 0 Å². The Labute approximate surface area is 182 Å². The van der Waals surface area contributed by atoms with Gasteiger partial charge in [0.1, 0.15) is 5.70 Å². The first-order valence-corrected chi connectivity index (χ1v) is 10.3. The zero-order chi connectivity index (χ0) is 22.2. The highest BCUT2D eigenvalue weighted by molar-refractivity contribution is 5.98. The summed E-state index contributed by atoms with van der Waals surface area (Å²) in [6, 6.07) is 19.1. The summed E-state index contributed by atoms with van der Waals surface area (Å²) in [6.45, 7) is 5.38. The second-order valence-corrected chi connectivity index (χ2v) is 7.35. The zero-order valence-corrected chi connectivity index (χ0v) is 17.8. The largest absolute Gasteiger partial charge is 0.448 e. The number of para-hydroxylation sites is 1. The molecule has 1 atom stereocenters. The van der Waals surface area contributed by atoms with Gasteiger partial charge < -0.3 is 19.9 Å². The predicted molar refractivity (Wildman–Crippen MR) is 119 cm³/mol. The van der Waals surface area contributed by atoms with E-state index in [2.05, 4.69) is 10.2 Å². The fourth-order valence-electron chi connectivity index (χ4n) is 3.41. The van der Waals surface area contributed by atoms with Crippen LogP contribution in [0.5, 0.6) is 0 Å². The minimum absolute atomic E-state index is 0.00718. The van der Waals surface area contributed by atoms with Gasteiger partial charge in [-0.05, 0) is 30.7 Å². The lowest BCUT2D eigenvalue weighted by Crippen LogP contribution is -2.51. The van der Waals surface area contributed by atoms with Gasteiger partial charge in [0, 0.05) is 38.8 Å². The molecule has 2 aromatic rings. The number of amides is 2. The van der Waals surface area contributed by atoms with Crippen LogP contribution in [0, 0.1) is 0 Å². The smallest absolute Gasteiger partial charge is 0.355 e. The average molecular weight is 421 g/mol. The second-order valence-electron chi connectivity index (χ2n) is 7.35. The van der Waals surface area contributed by atoms with Gasteiger partial charge in [0.2, 0.25) is 5.91 Å². The summed E-state index contributed by atoms with van der Waals surface area (Å²) in [7, 11) is 0. The molecule has 1 aliphatic heterocycles. The van der Waals surface area contributed by atoms with Gasteiger partial charge in [0.25, 0.3) is 5.91 Å². The second kappa shape index (κ2) is 10.4. The van der Waals surface area contributed by atoms with Gasteiger partial charge in [-0.15, -0.1) is 0 Å². The van der Waals surface area contributed by atoms with Crippen LogP contribution in [0.15, 0.2) is 66.4 Å². The van der Waals surface area contributed by atoms with Gasteiger partial charge in [-0.25, -0.2) is 4.79 Å². The van der Waals surface area contributed by atoms with Gasteiger partial charge in [-0.1, -0.05) is 48.5 Å². The highest BCUT2D eigenvalue weighted by atomic mass is 16.5. The molecule has 1 fully saturated rings. The molecule has 1 heterocycles. The zero-order valence-electron chi connectivity index (χ0n) is 17.8. The summed E-state index contributed by atoms with van der Waals surface area (Å²) in [6.07, 6.45) is 0.572. The van der Waals surface area contributed by atoms with Crippen LogP contribution in [0.2, 0.25) is 0 Å². The molecule has 0 aliphatic carbocycles. The SMILES string of the molecule is CC(=O)N/C(=C\c1ccccc1)C(=O)O[C@@H](C)C(=O)N1CCN(c2ccccc2)CC1. The van der Waals surface area contributed by atoms with E-state index in [0.717, 1.165) is 11.3 Å². The van der Waals surface area contributed by atoms with Gasteiger partial charge in [0.05, 0.1) is 0 Å². The maximum absolute atomic E-state index is 12.8. The van der Waals surface area contributed by atoms with E-state index in [4.69, 9.17) is 4.74 Å². The van der Waals surface area contributed by atoms with Crippen molar-refractivity contribution < 1.29 is 19.1 Å². The van der Waals surface area contributed by atoms with Crippen LogP contribution in [0.25, 0.3) is 6.08 Å². The molecule has 3 rings (SSSR count). The molecule has 7 nitrogen and oxygen atoms in total. The molecule has 1 saturated heterocycles. The van der Waals surface area contributed by atoms with Crippen molar-refractivity contribution in [3.8, 4) is 0 Å². The minimum Gasteiger partial charge on any atom is -0.448 e. The number of esters is 1. The molecule has 2 aromatic carbocycles. The van der Waals surface area contributed by atoms with E-state index in [1.165, 1.54) is 13.0 Å². The van der Waals surface area contributed by atoms with Crippen molar-refractivity contribution in [1.82, 2.24) is 10.2 Å². The molecule has 0 bridgehead atoms. The molecule has 0 spiro atoms. The summed E-state index contributed by atoms with van der Waals surface area (Å²) in [5.74, 6) is -1.39. The Morgan fingerprint density at radius 1 is 0.935 bits per heavy atom. The van der Waals surface area contributed by atoms with E-state index in [1.807, 2.05) is 48.5 Å². The fourth-order valence-corrected chi connectivity index (χ4v) is 3.41. The number of benzene rings is 2. The lowest BCUT2D eigenvalue weighted by Gasteiger charge is -2.37. The summed E-state index contributed by atoms with van der Waals surface area (Å²) >= 11 is 0. The number of nitrogens with one attached hydrogen (secondary N) is 1. The molecule has 7 heteroatoms. The van der Waals surface area contributed by atoms with Crippen LogP contribution in [0.3, 0.4) is 0 Å². The molecule has 0 radical (unpaired) electrons. The van der Waals surface area contributed by atoms with Crippen molar-refractivity contribution >= 4 is 29.5 Å². The highest BCUT2D eigenvalue weighted by Crippen LogP contribution is 2.16.